The van der Waals surface area contributed by atoms with Crippen LogP contribution >= 0.6 is 11.6 Å². The van der Waals surface area contributed by atoms with E-state index in [2.05, 4.69) is 0 Å². The molecule has 2 N–H and O–H groups in total. The first kappa shape index (κ1) is 14.4. The molecule has 1 aliphatic heterocycles. The van der Waals surface area contributed by atoms with Gasteiger partial charge in [0.05, 0.1) is 23.7 Å². The van der Waals surface area contributed by atoms with Crippen LogP contribution in [0.5, 0.6) is 0 Å². The van der Waals surface area contributed by atoms with Gasteiger partial charge in [-0.1, -0.05) is 0 Å². The van der Waals surface area contributed by atoms with Crippen LogP contribution in [-0.4, -0.2) is 46.0 Å². The van der Waals surface area contributed by atoms with Crippen LogP contribution in [0.2, 0.25) is 5.22 Å². The number of hydrogen-bond acceptors (Lipinski definition) is 4. The van der Waals surface area contributed by atoms with Crippen molar-refractivity contribution in [2.45, 2.75) is 6.42 Å². The molecule has 0 radical (unpaired) electrons. The molecule has 1 aliphatic rings. The molecular formula is C12H12ClNO6. The third kappa shape index (κ3) is 2.62. The van der Waals surface area contributed by atoms with Crippen LogP contribution < -0.4 is 0 Å². The summed E-state index contributed by atoms with van der Waals surface area (Å²) >= 11 is 5.71. The lowest BCUT2D eigenvalue weighted by atomic mass is 9.85. The molecule has 0 aliphatic carbocycles. The van der Waals surface area contributed by atoms with Gasteiger partial charge in [-0.25, -0.2) is 0 Å². The maximum absolute atomic E-state index is 12.2. The summed E-state index contributed by atoms with van der Waals surface area (Å²) in [6, 6.07) is 1.39. The quantitative estimate of drug-likeness (QED) is 0.868. The fourth-order valence-corrected chi connectivity index (χ4v) is 2.49. The zero-order valence-corrected chi connectivity index (χ0v) is 11.0. The molecule has 0 spiro atoms. The van der Waals surface area contributed by atoms with Crippen molar-refractivity contribution in [1.29, 1.82) is 0 Å². The van der Waals surface area contributed by atoms with E-state index in [1.165, 1.54) is 17.2 Å². The van der Waals surface area contributed by atoms with Gasteiger partial charge in [0.15, 0.2) is 0 Å². The van der Waals surface area contributed by atoms with Crippen LogP contribution in [-0.2, 0) is 9.59 Å². The molecule has 2 heterocycles. The Morgan fingerprint density at radius 1 is 1.25 bits per heavy atom. The molecule has 0 aromatic carbocycles. The normalized spacial score (nSPS) is 22.6. The lowest BCUT2D eigenvalue weighted by Gasteiger charge is -2.34. The molecule has 0 bridgehead atoms. The van der Waals surface area contributed by atoms with Crippen molar-refractivity contribution >= 4 is 29.4 Å². The number of carboxylic acid groups (broad SMARTS) is 2. The Balaban J connectivity index is 2.17. The summed E-state index contributed by atoms with van der Waals surface area (Å²) in [4.78, 5) is 35.6. The van der Waals surface area contributed by atoms with Crippen molar-refractivity contribution in [3.05, 3.63) is 23.1 Å². The highest BCUT2D eigenvalue weighted by Gasteiger charge is 2.40. The fourth-order valence-electron chi connectivity index (χ4n) is 2.30. The summed E-state index contributed by atoms with van der Waals surface area (Å²) in [5.41, 5.74) is 0.143. The molecule has 1 amide bonds. The summed E-state index contributed by atoms with van der Waals surface area (Å²) in [7, 11) is 0. The predicted octanol–water partition coefficient (Wildman–Crippen LogP) is 1.18. The number of carboxylic acids is 2. The van der Waals surface area contributed by atoms with E-state index in [9.17, 15) is 14.4 Å². The largest absolute Gasteiger partial charge is 0.481 e. The number of nitrogens with zero attached hydrogens (tertiary/aromatic N) is 1. The van der Waals surface area contributed by atoms with Crippen molar-refractivity contribution in [1.82, 2.24) is 4.90 Å². The van der Waals surface area contributed by atoms with Gasteiger partial charge in [0, 0.05) is 13.1 Å². The minimum atomic E-state index is -1.23. The summed E-state index contributed by atoms with van der Waals surface area (Å²) in [6.07, 6.45) is 1.35. The van der Waals surface area contributed by atoms with Crippen LogP contribution in [0, 0.1) is 11.8 Å². The van der Waals surface area contributed by atoms with E-state index >= 15 is 0 Å². The molecule has 2 rings (SSSR count). The summed E-state index contributed by atoms with van der Waals surface area (Å²) in [6.45, 7) is 0.00767. The number of likely N-dealkylation sites (tertiary alicyclic amines) is 1. The second-order valence-corrected chi connectivity index (χ2v) is 4.88. The third-order valence-electron chi connectivity index (χ3n) is 3.38. The highest BCUT2D eigenvalue weighted by molar-refractivity contribution is 6.32. The van der Waals surface area contributed by atoms with Gasteiger partial charge in [-0.3, -0.25) is 14.4 Å². The first-order valence-electron chi connectivity index (χ1n) is 5.89. The average molecular weight is 302 g/mol. The second-order valence-electron chi connectivity index (χ2n) is 4.54. The molecule has 20 heavy (non-hydrogen) atoms. The van der Waals surface area contributed by atoms with Crippen LogP contribution in [0.3, 0.4) is 0 Å². The van der Waals surface area contributed by atoms with E-state index in [4.69, 9.17) is 26.2 Å². The maximum atomic E-state index is 12.2. The third-order valence-corrected chi connectivity index (χ3v) is 3.68. The standard InChI is InChI=1S/C12H12ClNO6/c13-9-7(2-4-20-9)10(15)14-3-1-6(11(16)17)8(5-14)12(18)19/h2,4,6,8H,1,3,5H2,(H,16,17)(H,18,19). The highest BCUT2D eigenvalue weighted by Crippen LogP contribution is 2.27. The van der Waals surface area contributed by atoms with Crippen molar-refractivity contribution in [3.63, 3.8) is 0 Å². The van der Waals surface area contributed by atoms with Crippen molar-refractivity contribution in [3.8, 4) is 0 Å². The van der Waals surface area contributed by atoms with Gasteiger partial charge in [0.1, 0.15) is 0 Å². The smallest absolute Gasteiger partial charge is 0.309 e. The van der Waals surface area contributed by atoms with Gasteiger partial charge in [0.2, 0.25) is 5.22 Å². The van der Waals surface area contributed by atoms with Crippen LogP contribution in [0.1, 0.15) is 16.8 Å². The molecule has 1 saturated heterocycles. The van der Waals surface area contributed by atoms with Gasteiger partial charge in [0.25, 0.3) is 5.91 Å². The number of rotatable bonds is 3. The number of piperidine rings is 1. The number of carbonyl (C=O) groups is 3. The van der Waals surface area contributed by atoms with Crippen molar-refractivity contribution in [2.24, 2.45) is 11.8 Å². The zero-order chi connectivity index (χ0) is 14.9. The fraction of sp³-hybridized carbons (Fsp3) is 0.417. The summed E-state index contributed by atoms with van der Waals surface area (Å²) in [5, 5.41) is 18.0. The number of halogens is 1. The number of aliphatic carboxylic acids is 2. The van der Waals surface area contributed by atoms with Crippen LogP contribution in [0.15, 0.2) is 16.7 Å². The van der Waals surface area contributed by atoms with Gasteiger partial charge >= 0.3 is 11.9 Å². The van der Waals surface area contributed by atoms with E-state index in [0.29, 0.717) is 0 Å². The molecule has 108 valence electrons. The van der Waals surface area contributed by atoms with Gasteiger partial charge in [-0.15, -0.1) is 0 Å². The summed E-state index contributed by atoms with van der Waals surface area (Å²) in [5.74, 6) is -4.97. The molecule has 2 atom stereocenters. The Morgan fingerprint density at radius 3 is 2.40 bits per heavy atom. The van der Waals surface area contributed by atoms with Gasteiger partial charge in [-0.05, 0) is 24.1 Å². The molecule has 1 aromatic rings. The number of furan rings is 1. The Morgan fingerprint density at radius 2 is 1.90 bits per heavy atom. The number of carbonyl (C=O) groups excluding carboxylic acids is 1. The maximum Gasteiger partial charge on any atom is 0.309 e. The second kappa shape index (κ2) is 5.54. The molecule has 1 fully saturated rings. The Kier molecular flexibility index (Phi) is 3.99. The van der Waals surface area contributed by atoms with E-state index < -0.39 is 29.7 Å². The molecule has 1 aromatic heterocycles. The molecule has 7 nitrogen and oxygen atoms in total. The van der Waals surface area contributed by atoms with Crippen LogP contribution in [0.4, 0.5) is 0 Å². The lowest BCUT2D eigenvalue weighted by Crippen LogP contribution is -2.48. The van der Waals surface area contributed by atoms with E-state index in [-0.39, 0.29) is 30.3 Å². The van der Waals surface area contributed by atoms with Crippen molar-refractivity contribution < 1.29 is 29.0 Å². The molecular weight excluding hydrogens is 290 g/mol. The van der Waals surface area contributed by atoms with E-state index in [0.717, 1.165) is 0 Å². The number of amides is 1. The number of hydrogen-bond donors (Lipinski definition) is 2. The molecule has 2 unspecified atom stereocenters. The van der Waals surface area contributed by atoms with Gasteiger partial charge in [-0.2, -0.15) is 0 Å². The minimum Gasteiger partial charge on any atom is -0.481 e. The Labute approximate surface area is 118 Å². The average Bonchev–Trinajstić information content (AvgIpc) is 2.83. The van der Waals surface area contributed by atoms with Crippen molar-refractivity contribution in [2.75, 3.05) is 13.1 Å². The molecule has 8 heteroatoms. The first-order chi connectivity index (χ1) is 9.41. The predicted molar refractivity (Wildman–Crippen MR) is 66.5 cm³/mol. The topological polar surface area (TPSA) is 108 Å². The highest BCUT2D eigenvalue weighted by atomic mass is 35.5. The van der Waals surface area contributed by atoms with Gasteiger partial charge < -0.3 is 19.5 Å². The minimum absolute atomic E-state index is 0.0674. The van der Waals surface area contributed by atoms with Crippen LogP contribution in [0.25, 0.3) is 0 Å². The van der Waals surface area contributed by atoms with E-state index in [1.807, 2.05) is 0 Å². The molecule has 0 saturated carbocycles. The first-order valence-corrected chi connectivity index (χ1v) is 6.27. The monoisotopic (exact) mass is 301 g/mol. The zero-order valence-electron chi connectivity index (χ0n) is 10.3. The summed E-state index contributed by atoms with van der Waals surface area (Å²) < 4.78 is 4.82. The van der Waals surface area contributed by atoms with E-state index in [1.54, 1.807) is 0 Å². The SMILES string of the molecule is O=C(O)C1CCN(C(=O)c2ccoc2Cl)CC1C(=O)O. The lowest BCUT2D eigenvalue weighted by molar-refractivity contribution is -0.156. The Bertz CT molecular complexity index is 554. The Hall–Kier alpha value is -2.02.